The Labute approximate surface area is 108 Å². The first-order chi connectivity index (χ1) is 8.83. The summed E-state index contributed by atoms with van der Waals surface area (Å²) in [5, 5.41) is 3.25. The molecule has 18 heavy (non-hydrogen) atoms. The number of hydrogen-bond acceptors (Lipinski definition) is 3. The van der Waals surface area contributed by atoms with Crippen molar-refractivity contribution >= 4 is 11.7 Å². The topological polar surface area (TPSA) is 38.3 Å². The van der Waals surface area contributed by atoms with E-state index in [4.69, 9.17) is 4.74 Å². The van der Waals surface area contributed by atoms with Crippen molar-refractivity contribution in [2.45, 2.75) is 50.7 Å². The van der Waals surface area contributed by atoms with Crippen LogP contribution in [0.1, 0.15) is 37.7 Å². The fourth-order valence-corrected chi connectivity index (χ4v) is 2.87. The molecule has 3 rings (SSSR count). The summed E-state index contributed by atoms with van der Waals surface area (Å²) in [6.45, 7) is 0. The Bertz CT molecular complexity index is 413. The molecule has 3 nitrogen and oxygen atoms in total. The van der Waals surface area contributed by atoms with E-state index in [9.17, 15) is 4.79 Å². The molecule has 1 aromatic rings. The van der Waals surface area contributed by atoms with Gasteiger partial charge in [-0.2, -0.15) is 0 Å². The monoisotopic (exact) mass is 245 g/mol. The van der Waals surface area contributed by atoms with Crippen LogP contribution in [-0.2, 0) is 16.0 Å². The summed E-state index contributed by atoms with van der Waals surface area (Å²) < 4.78 is 5.61. The number of benzene rings is 1. The molecule has 0 bridgehead atoms. The normalized spacial score (nSPS) is 23.2. The van der Waals surface area contributed by atoms with Crippen molar-refractivity contribution in [3.8, 4) is 0 Å². The summed E-state index contributed by atoms with van der Waals surface area (Å²) in [6, 6.07) is 7.89. The minimum Gasteiger partial charge on any atom is -0.461 e. The number of carbonyl (C=O) groups is 1. The van der Waals surface area contributed by atoms with E-state index >= 15 is 0 Å². The van der Waals surface area contributed by atoms with Crippen molar-refractivity contribution in [1.82, 2.24) is 0 Å². The van der Waals surface area contributed by atoms with E-state index in [1.54, 1.807) is 0 Å². The molecular weight excluding hydrogens is 226 g/mol. The Morgan fingerprint density at radius 2 is 1.94 bits per heavy atom. The standard InChI is InChI=1S/C15H19NO2/c17-15(18-12-7-2-1-3-8-12)14-10-11-6-4-5-9-13(11)16-14/h4-6,9,12,14,16H,1-3,7-8,10H2. The van der Waals surface area contributed by atoms with Crippen molar-refractivity contribution in [2.24, 2.45) is 0 Å². The Morgan fingerprint density at radius 3 is 2.72 bits per heavy atom. The lowest BCUT2D eigenvalue weighted by molar-refractivity contribution is -0.151. The molecule has 0 radical (unpaired) electrons. The maximum absolute atomic E-state index is 12.1. The highest BCUT2D eigenvalue weighted by molar-refractivity contribution is 5.83. The predicted molar refractivity (Wildman–Crippen MR) is 70.5 cm³/mol. The molecule has 96 valence electrons. The number of ether oxygens (including phenoxy) is 1. The molecule has 2 aliphatic rings. The van der Waals surface area contributed by atoms with E-state index in [1.807, 2.05) is 18.2 Å². The molecule has 0 amide bonds. The van der Waals surface area contributed by atoms with Gasteiger partial charge in [-0.3, -0.25) is 0 Å². The number of fused-ring (bicyclic) bond motifs is 1. The lowest BCUT2D eigenvalue weighted by Crippen LogP contribution is -2.33. The van der Waals surface area contributed by atoms with E-state index < -0.39 is 0 Å². The second-order valence-corrected chi connectivity index (χ2v) is 5.26. The van der Waals surface area contributed by atoms with Crippen molar-refractivity contribution in [3.05, 3.63) is 29.8 Å². The Kier molecular flexibility index (Phi) is 3.22. The van der Waals surface area contributed by atoms with Crippen LogP contribution in [0, 0.1) is 0 Å². The second-order valence-electron chi connectivity index (χ2n) is 5.26. The number of carbonyl (C=O) groups excluding carboxylic acids is 1. The van der Waals surface area contributed by atoms with E-state index in [0.717, 1.165) is 24.9 Å². The molecular formula is C15H19NO2. The van der Waals surface area contributed by atoms with E-state index in [-0.39, 0.29) is 18.1 Å². The first-order valence-electron chi connectivity index (χ1n) is 6.88. The lowest BCUT2D eigenvalue weighted by Gasteiger charge is -2.23. The average Bonchev–Trinajstić information content (AvgIpc) is 2.84. The van der Waals surface area contributed by atoms with Crippen LogP contribution < -0.4 is 5.32 Å². The van der Waals surface area contributed by atoms with Gasteiger partial charge in [0, 0.05) is 12.1 Å². The SMILES string of the molecule is O=C(OC1CCCCC1)C1Cc2ccccc2N1. The van der Waals surface area contributed by atoms with Crippen molar-refractivity contribution in [2.75, 3.05) is 5.32 Å². The van der Waals surface area contributed by atoms with Gasteiger partial charge in [-0.15, -0.1) is 0 Å². The molecule has 1 aliphatic carbocycles. The third-order valence-corrected chi connectivity index (χ3v) is 3.89. The number of anilines is 1. The number of esters is 1. The lowest BCUT2D eigenvalue weighted by atomic mass is 9.98. The van der Waals surface area contributed by atoms with Gasteiger partial charge in [-0.1, -0.05) is 24.6 Å². The highest BCUT2D eigenvalue weighted by Crippen LogP contribution is 2.27. The fourth-order valence-electron chi connectivity index (χ4n) is 2.87. The molecule has 1 fully saturated rings. The van der Waals surface area contributed by atoms with Crippen molar-refractivity contribution in [1.29, 1.82) is 0 Å². The molecule has 0 aromatic heterocycles. The van der Waals surface area contributed by atoms with Gasteiger partial charge < -0.3 is 10.1 Å². The molecule has 1 unspecified atom stereocenters. The largest absolute Gasteiger partial charge is 0.461 e. The highest BCUT2D eigenvalue weighted by Gasteiger charge is 2.29. The summed E-state index contributed by atoms with van der Waals surface area (Å²) in [6.07, 6.45) is 6.63. The number of para-hydroxylation sites is 1. The van der Waals surface area contributed by atoms with Crippen LogP contribution in [-0.4, -0.2) is 18.1 Å². The van der Waals surface area contributed by atoms with Gasteiger partial charge >= 0.3 is 5.97 Å². The quantitative estimate of drug-likeness (QED) is 0.814. The van der Waals surface area contributed by atoms with E-state index in [2.05, 4.69) is 11.4 Å². The van der Waals surface area contributed by atoms with Crippen LogP contribution in [0.5, 0.6) is 0 Å². The van der Waals surface area contributed by atoms with E-state index in [1.165, 1.54) is 24.8 Å². The maximum atomic E-state index is 12.1. The summed E-state index contributed by atoms with van der Waals surface area (Å²) in [7, 11) is 0. The van der Waals surface area contributed by atoms with Gasteiger partial charge in [0.25, 0.3) is 0 Å². The maximum Gasteiger partial charge on any atom is 0.329 e. The first-order valence-corrected chi connectivity index (χ1v) is 6.88. The summed E-state index contributed by atoms with van der Waals surface area (Å²) in [5.74, 6) is -0.0851. The molecule has 3 heteroatoms. The molecule has 1 aliphatic heterocycles. The van der Waals surface area contributed by atoms with Gasteiger partial charge in [0.1, 0.15) is 12.1 Å². The third kappa shape index (κ3) is 2.35. The van der Waals surface area contributed by atoms with Crippen molar-refractivity contribution < 1.29 is 9.53 Å². The molecule has 1 atom stereocenters. The van der Waals surface area contributed by atoms with Crippen LogP contribution >= 0.6 is 0 Å². The van der Waals surface area contributed by atoms with Crippen LogP contribution in [0.25, 0.3) is 0 Å². The second kappa shape index (κ2) is 5.01. The molecule has 1 N–H and O–H groups in total. The Morgan fingerprint density at radius 1 is 1.17 bits per heavy atom. The van der Waals surface area contributed by atoms with Gasteiger partial charge in [0.15, 0.2) is 0 Å². The zero-order valence-corrected chi connectivity index (χ0v) is 10.5. The number of nitrogens with one attached hydrogen (secondary N) is 1. The summed E-state index contributed by atoms with van der Waals surface area (Å²) >= 11 is 0. The van der Waals surface area contributed by atoms with Crippen LogP contribution in [0.3, 0.4) is 0 Å². The third-order valence-electron chi connectivity index (χ3n) is 3.89. The summed E-state index contributed by atoms with van der Waals surface area (Å²) in [5.41, 5.74) is 2.28. The highest BCUT2D eigenvalue weighted by atomic mass is 16.5. The predicted octanol–water partition coefficient (Wildman–Crippen LogP) is 2.90. The van der Waals surface area contributed by atoms with Crippen LogP contribution in [0.2, 0.25) is 0 Å². The van der Waals surface area contributed by atoms with Crippen LogP contribution in [0.4, 0.5) is 5.69 Å². The van der Waals surface area contributed by atoms with Gasteiger partial charge in [0.2, 0.25) is 0 Å². The van der Waals surface area contributed by atoms with E-state index in [0.29, 0.717) is 0 Å². The number of rotatable bonds is 2. The Balaban J connectivity index is 1.58. The smallest absolute Gasteiger partial charge is 0.329 e. The van der Waals surface area contributed by atoms with Gasteiger partial charge in [-0.05, 0) is 37.3 Å². The molecule has 0 spiro atoms. The summed E-state index contributed by atoms with van der Waals surface area (Å²) in [4.78, 5) is 12.1. The van der Waals surface area contributed by atoms with Gasteiger partial charge in [0.05, 0.1) is 0 Å². The molecule has 1 saturated carbocycles. The zero-order valence-electron chi connectivity index (χ0n) is 10.5. The first kappa shape index (κ1) is 11.6. The molecule has 1 heterocycles. The Hall–Kier alpha value is -1.51. The molecule has 1 aromatic carbocycles. The minimum atomic E-state index is -0.190. The van der Waals surface area contributed by atoms with Crippen LogP contribution in [0.15, 0.2) is 24.3 Å². The van der Waals surface area contributed by atoms with Crippen molar-refractivity contribution in [3.63, 3.8) is 0 Å². The fraction of sp³-hybridized carbons (Fsp3) is 0.533. The zero-order chi connectivity index (χ0) is 12.4. The number of hydrogen-bond donors (Lipinski definition) is 1. The molecule has 0 saturated heterocycles. The van der Waals surface area contributed by atoms with Gasteiger partial charge in [-0.25, -0.2) is 4.79 Å². The average molecular weight is 245 g/mol. The minimum absolute atomic E-state index is 0.0851.